The van der Waals surface area contributed by atoms with Crippen molar-refractivity contribution in [1.82, 2.24) is 4.31 Å². The maximum atomic E-state index is 13.9. The van der Waals surface area contributed by atoms with Gasteiger partial charge in [-0.2, -0.15) is 17.5 Å². The highest BCUT2D eigenvalue weighted by Crippen LogP contribution is 2.33. The Bertz CT molecular complexity index is 1470. The number of rotatable bonds is 6. The number of nitrogens with zero attached hydrogens (tertiary/aromatic N) is 1. The highest BCUT2D eigenvalue weighted by Gasteiger charge is 2.34. The van der Waals surface area contributed by atoms with Gasteiger partial charge in [-0.3, -0.25) is 4.79 Å². The van der Waals surface area contributed by atoms with Crippen molar-refractivity contribution in [3.8, 4) is 0 Å². The molecule has 1 amide bonds. The summed E-state index contributed by atoms with van der Waals surface area (Å²) in [7, 11) is -3.72. The van der Waals surface area contributed by atoms with Crippen LogP contribution in [0.4, 0.5) is 23.2 Å². The molecule has 5 nitrogen and oxygen atoms in total. The summed E-state index contributed by atoms with van der Waals surface area (Å²) < 4.78 is 80.3. The number of carbonyl (C=O) groups is 1. The summed E-state index contributed by atoms with van der Waals surface area (Å²) in [5.74, 6) is -1.67. The Labute approximate surface area is 219 Å². The van der Waals surface area contributed by atoms with Crippen molar-refractivity contribution in [3.63, 3.8) is 0 Å². The van der Waals surface area contributed by atoms with Gasteiger partial charge < -0.3 is 5.32 Å². The zero-order chi connectivity index (χ0) is 27.8. The lowest BCUT2D eigenvalue weighted by atomic mass is 9.95. The molecule has 10 heteroatoms. The third-order valence-electron chi connectivity index (χ3n) is 6.73. The lowest BCUT2D eigenvalue weighted by Crippen LogP contribution is -2.36. The summed E-state index contributed by atoms with van der Waals surface area (Å²) in [6, 6.07) is 12.9. The SMILES string of the molecule is Cc1ccc2c(c1NC(=O)Cc1ccc(C(F)(F)F)c(F)c1)CCN(S(=O)(=O)c1ccc(C(C)C)cc1)C2. The maximum absolute atomic E-state index is 13.9. The first-order chi connectivity index (χ1) is 17.8. The van der Waals surface area contributed by atoms with Crippen molar-refractivity contribution >= 4 is 21.6 Å². The number of alkyl halides is 3. The van der Waals surface area contributed by atoms with Crippen molar-refractivity contribution in [2.75, 3.05) is 11.9 Å². The molecular formula is C28H28F4N2O3S. The van der Waals surface area contributed by atoms with Crippen LogP contribution in [0.15, 0.2) is 59.5 Å². The molecule has 1 heterocycles. The van der Waals surface area contributed by atoms with E-state index in [1.165, 1.54) is 4.31 Å². The molecule has 0 aromatic heterocycles. The van der Waals surface area contributed by atoms with Crippen LogP contribution in [0.2, 0.25) is 0 Å². The van der Waals surface area contributed by atoms with E-state index in [-0.39, 0.29) is 35.9 Å². The summed E-state index contributed by atoms with van der Waals surface area (Å²) in [6.45, 7) is 6.22. The lowest BCUT2D eigenvalue weighted by molar-refractivity contribution is -0.140. The van der Waals surface area contributed by atoms with E-state index in [2.05, 4.69) is 5.32 Å². The monoisotopic (exact) mass is 548 g/mol. The van der Waals surface area contributed by atoms with Crippen molar-refractivity contribution in [1.29, 1.82) is 0 Å². The molecule has 0 bridgehead atoms. The predicted molar refractivity (Wildman–Crippen MR) is 137 cm³/mol. The second-order valence-electron chi connectivity index (χ2n) is 9.74. The Morgan fingerprint density at radius 2 is 1.74 bits per heavy atom. The fourth-order valence-corrected chi connectivity index (χ4v) is 5.99. The van der Waals surface area contributed by atoms with E-state index in [4.69, 9.17) is 0 Å². The molecule has 1 N–H and O–H groups in total. The molecule has 3 aromatic carbocycles. The summed E-state index contributed by atoms with van der Waals surface area (Å²) in [5.41, 5.74) is 2.62. The number of hydrogen-bond donors (Lipinski definition) is 1. The molecule has 0 radical (unpaired) electrons. The molecule has 0 aliphatic carbocycles. The average Bonchev–Trinajstić information content (AvgIpc) is 2.84. The van der Waals surface area contributed by atoms with Gasteiger partial charge in [0.25, 0.3) is 0 Å². The van der Waals surface area contributed by atoms with Crippen LogP contribution in [-0.2, 0) is 40.4 Å². The first-order valence-electron chi connectivity index (χ1n) is 12.1. The third kappa shape index (κ3) is 5.76. The van der Waals surface area contributed by atoms with Gasteiger partial charge in [0.15, 0.2) is 0 Å². The molecule has 4 rings (SSSR count). The van der Waals surface area contributed by atoms with Crippen LogP contribution in [0.5, 0.6) is 0 Å². The zero-order valence-electron chi connectivity index (χ0n) is 21.2. The minimum Gasteiger partial charge on any atom is -0.325 e. The number of anilines is 1. The minimum atomic E-state index is -4.82. The van der Waals surface area contributed by atoms with E-state index >= 15 is 0 Å². The number of amides is 1. The number of fused-ring (bicyclic) bond motifs is 1. The van der Waals surface area contributed by atoms with Crippen molar-refractivity contribution in [2.24, 2.45) is 0 Å². The van der Waals surface area contributed by atoms with Gasteiger partial charge in [-0.25, -0.2) is 12.8 Å². The van der Waals surface area contributed by atoms with Gasteiger partial charge in [-0.1, -0.05) is 44.2 Å². The van der Waals surface area contributed by atoms with Gasteiger partial charge in [0.1, 0.15) is 5.82 Å². The number of hydrogen-bond acceptors (Lipinski definition) is 3. The second-order valence-corrected chi connectivity index (χ2v) is 11.7. The van der Waals surface area contributed by atoms with Gasteiger partial charge in [0, 0.05) is 18.8 Å². The molecule has 1 aliphatic heterocycles. The fourth-order valence-electron chi connectivity index (χ4n) is 4.57. The summed E-state index contributed by atoms with van der Waals surface area (Å²) in [5, 5.41) is 2.80. The van der Waals surface area contributed by atoms with Crippen LogP contribution in [0.1, 0.15) is 53.1 Å². The van der Waals surface area contributed by atoms with Crippen LogP contribution in [0, 0.1) is 12.7 Å². The zero-order valence-corrected chi connectivity index (χ0v) is 22.0. The molecule has 0 saturated heterocycles. The first-order valence-corrected chi connectivity index (χ1v) is 13.6. The number of aryl methyl sites for hydroxylation is 1. The van der Waals surface area contributed by atoms with Crippen molar-refractivity contribution < 1.29 is 30.8 Å². The van der Waals surface area contributed by atoms with E-state index < -0.39 is 33.5 Å². The van der Waals surface area contributed by atoms with Gasteiger partial charge in [0.2, 0.25) is 15.9 Å². The van der Waals surface area contributed by atoms with Crippen LogP contribution >= 0.6 is 0 Å². The maximum Gasteiger partial charge on any atom is 0.419 e. The Hall–Kier alpha value is -3.24. The van der Waals surface area contributed by atoms with Crippen LogP contribution in [0.25, 0.3) is 0 Å². The van der Waals surface area contributed by atoms with E-state index in [1.807, 2.05) is 32.0 Å². The fraction of sp³-hybridized carbons (Fsp3) is 0.321. The van der Waals surface area contributed by atoms with E-state index in [0.717, 1.165) is 28.3 Å². The van der Waals surface area contributed by atoms with E-state index in [0.29, 0.717) is 24.2 Å². The molecule has 0 atom stereocenters. The summed E-state index contributed by atoms with van der Waals surface area (Å²) in [6.07, 6.45) is -4.76. The molecule has 0 unspecified atom stereocenters. The largest absolute Gasteiger partial charge is 0.419 e. The Morgan fingerprint density at radius 3 is 2.34 bits per heavy atom. The molecular weight excluding hydrogens is 520 g/mol. The number of benzene rings is 3. The lowest BCUT2D eigenvalue weighted by Gasteiger charge is -2.30. The molecule has 0 fully saturated rings. The van der Waals surface area contributed by atoms with Gasteiger partial charge in [0.05, 0.1) is 16.9 Å². The summed E-state index contributed by atoms with van der Waals surface area (Å²) >= 11 is 0. The van der Waals surface area contributed by atoms with E-state index in [9.17, 15) is 30.8 Å². The quantitative estimate of drug-likeness (QED) is 0.373. The Balaban J connectivity index is 1.51. The molecule has 0 saturated carbocycles. The molecule has 1 aliphatic rings. The standard InChI is InChI=1S/C28H28F4N2O3S/c1-17(2)20-7-9-22(10-8-20)38(36,37)34-13-12-23-21(16-34)6-4-18(3)27(23)33-26(35)15-19-5-11-24(25(29)14-19)28(30,31)32/h4-11,14,17H,12-13,15-16H2,1-3H3,(H,33,35). The number of sulfonamides is 1. The second kappa shape index (κ2) is 10.5. The van der Waals surface area contributed by atoms with Crippen LogP contribution in [-0.4, -0.2) is 25.2 Å². The van der Waals surface area contributed by atoms with Crippen LogP contribution in [0.3, 0.4) is 0 Å². The third-order valence-corrected chi connectivity index (χ3v) is 8.59. The molecule has 202 valence electrons. The Kier molecular flexibility index (Phi) is 7.67. The van der Waals surface area contributed by atoms with E-state index in [1.54, 1.807) is 25.1 Å². The smallest absolute Gasteiger partial charge is 0.325 e. The minimum absolute atomic E-state index is 0.108. The van der Waals surface area contributed by atoms with Crippen molar-refractivity contribution in [3.05, 3.63) is 93.8 Å². The number of carbonyl (C=O) groups excluding carboxylic acids is 1. The van der Waals surface area contributed by atoms with Crippen LogP contribution < -0.4 is 5.32 Å². The normalized spacial score (nSPS) is 14.4. The highest BCUT2D eigenvalue weighted by molar-refractivity contribution is 7.89. The topological polar surface area (TPSA) is 66.5 Å². The summed E-state index contributed by atoms with van der Waals surface area (Å²) in [4.78, 5) is 13.0. The van der Waals surface area contributed by atoms with Gasteiger partial charge in [-0.15, -0.1) is 0 Å². The van der Waals surface area contributed by atoms with Gasteiger partial charge >= 0.3 is 6.18 Å². The number of nitrogens with one attached hydrogen (secondary N) is 1. The first kappa shape index (κ1) is 27.8. The highest BCUT2D eigenvalue weighted by atomic mass is 32.2. The van der Waals surface area contributed by atoms with Crippen molar-refractivity contribution in [2.45, 2.75) is 57.1 Å². The number of halogens is 4. The Morgan fingerprint density at radius 1 is 1.05 bits per heavy atom. The average molecular weight is 549 g/mol. The predicted octanol–water partition coefficient (Wildman–Crippen LogP) is 6.20. The molecule has 3 aromatic rings. The molecule has 0 spiro atoms. The molecule has 38 heavy (non-hydrogen) atoms. The van der Waals surface area contributed by atoms with Gasteiger partial charge in [-0.05, 0) is 71.3 Å².